The fraction of sp³-hybridized carbons (Fsp3) is 0.714. The number of esters is 1. The number of barbiturate groups is 1. The van der Waals surface area contributed by atoms with E-state index in [1.165, 1.54) is 6.92 Å². The second-order valence-corrected chi connectivity index (χ2v) is 5.52. The van der Waals surface area contributed by atoms with Crippen molar-refractivity contribution in [2.45, 2.75) is 53.1 Å². The van der Waals surface area contributed by atoms with E-state index in [0.29, 0.717) is 6.42 Å². The first-order valence-corrected chi connectivity index (χ1v) is 7.08. The number of ether oxygens (including phenoxy) is 1. The van der Waals surface area contributed by atoms with Gasteiger partial charge in [-0.2, -0.15) is 0 Å². The molecule has 1 saturated heterocycles. The molecule has 21 heavy (non-hydrogen) atoms. The molecular formula is C14H22N2O5. The molecule has 1 rings (SSSR count). The Morgan fingerprint density at radius 2 is 1.71 bits per heavy atom. The van der Waals surface area contributed by atoms with Crippen LogP contribution in [-0.4, -0.2) is 29.9 Å². The van der Waals surface area contributed by atoms with Crippen LogP contribution in [0, 0.1) is 11.3 Å². The van der Waals surface area contributed by atoms with Gasteiger partial charge in [-0.25, -0.2) is 4.79 Å². The number of carbonyl (C=O) groups is 4. The highest BCUT2D eigenvalue weighted by atomic mass is 16.5. The van der Waals surface area contributed by atoms with E-state index in [9.17, 15) is 19.2 Å². The monoisotopic (exact) mass is 298 g/mol. The van der Waals surface area contributed by atoms with Crippen molar-refractivity contribution in [3.8, 4) is 0 Å². The van der Waals surface area contributed by atoms with Crippen molar-refractivity contribution in [1.29, 1.82) is 0 Å². The highest BCUT2D eigenvalue weighted by Gasteiger charge is 2.54. The molecule has 7 nitrogen and oxygen atoms in total. The summed E-state index contributed by atoms with van der Waals surface area (Å²) in [5, 5.41) is 4.30. The van der Waals surface area contributed by atoms with E-state index in [-0.39, 0.29) is 12.3 Å². The zero-order valence-corrected chi connectivity index (χ0v) is 12.8. The molecule has 1 fully saturated rings. The molecule has 4 amide bonds. The Hall–Kier alpha value is -1.92. The Morgan fingerprint density at radius 1 is 1.19 bits per heavy atom. The molecule has 2 N–H and O–H groups in total. The molecule has 1 heterocycles. The summed E-state index contributed by atoms with van der Waals surface area (Å²) in [7, 11) is 0. The van der Waals surface area contributed by atoms with Gasteiger partial charge in [-0.15, -0.1) is 0 Å². The number of nitrogens with one attached hydrogen (secondary N) is 2. The molecule has 0 aromatic heterocycles. The van der Waals surface area contributed by atoms with Gasteiger partial charge in [0, 0.05) is 13.3 Å². The van der Waals surface area contributed by atoms with Crippen molar-refractivity contribution < 1.29 is 23.9 Å². The maximum absolute atomic E-state index is 12.3. The fourth-order valence-corrected chi connectivity index (χ4v) is 2.86. The normalized spacial score (nSPS) is 20.3. The number of imide groups is 2. The molecule has 0 saturated carbocycles. The van der Waals surface area contributed by atoms with Crippen molar-refractivity contribution >= 4 is 23.8 Å². The number of urea groups is 1. The van der Waals surface area contributed by atoms with Gasteiger partial charge in [0.25, 0.3) is 0 Å². The Kier molecular flexibility index (Phi) is 5.46. The molecule has 118 valence electrons. The van der Waals surface area contributed by atoms with Crippen LogP contribution in [-0.2, 0) is 19.1 Å². The van der Waals surface area contributed by atoms with Gasteiger partial charge in [-0.1, -0.05) is 20.3 Å². The van der Waals surface area contributed by atoms with Crippen LogP contribution in [0.5, 0.6) is 0 Å². The average molecular weight is 298 g/mol. The predicted molar refractivity (Wildman–Crippen MR) is 74.0 cm³/mol. The maximum Gasteiger partial charge on any atom is 0.328 e. The molecule has 1 aliphatic heterocycles. The van der Waals surface area contributed by atoms with Crippen LogP contribution in [0.4, 0.5) is 4.79 Å². The second-order valence-electron chi connectivity index (χ2n) is 5.52. The van der Waals surface area contributed by atoms with Gasteiger partial charge in [0.2, 0.25) is 11.8 Å². The van der Waals surface area contributed by atoms with E-state index in [2.05, 4.69) is 10.6 Å². The van der Waals surface area contributed by atoms with E-state index in [0.717, 1.165) is 6.42 Å². The maximum atomic E-state index is 12.3. The summed E-state index contributed by atoms with van der Waals surface area (Å²) >= 11 is 0. The average Bonchev–Trinajstić information content (AvgIpc) is 2.33. The molecule has 0 unspecified atom stereocenters. The Balaban J connectivity index is 3.10. The minimum atomic E-state index is -1.40. The van der Waals surface area contributed by atoms with E-state index in [4.69, 9.17) is 4.74 Å². The van der Waals surface area contributed by atoms with Crippen LogP contribution in [0.25, 0.3) is 0 Å². The summed E-state index contributed by atoms with van der Waals surface area (Å²) < 4.78 is 5.05. The molecule has 7 heteroatoms. The highest BCUT2D eigenvalue weighted by Crippen LogP contribution is 2.38. The van der Waals surface area contributed by atoms with Gasteiger partial charge >= 0.3 is 12.0 Å². The molecule has 0 aromatic rings. The predicted octanol–water partition coefficient (Wildman–Crippen LogP) is 1.12. The summed E-state index contributed by atoms with van der Waals surface area (Å²) in [6, 6.07) is -0.815. The summed E-state index contributed by atoms with van der Waals surface area (Å²) in [5.74, 6) is -2.02. The van der Waals surface area contributed by atoms with Crippen LogP contribution < -0.4 is 10.6 Å². The summed E-state index contributed by atoms with van der Waals surface area (Å²) in [6.07, 6.45) is 0.867. The smallest absolute Gasteiger partial charge is 0.328 e. The first-order valence-electron chi connectivity index (χ1n) is 7.08. The van der Waals surface area contributed by atoms with Crippen LogP contribution in [0.3, 0.4) is 0 Å². The highest BCUT2D eigenvalue weighted by molar-refractivity contribution is 6.19. The van der Waals surface area contributed by atoms with Gasteiger partial charge in [0.15, 0.2) is 0 Å². The van der Waals surface area contributed by atoms with Gasteiger partial charge in [0.1, 0.15) is 11.5 Å². The van der Waals surface area contributed by atoms with Crippen molar-refractivity contribution in [2.75, 3.05) is 0 Å². The van der Waals surface area contributed by atoms with Crippen molar-refractivity contribution in [2.24, 2.45) is 11.3 Å². The van der Waals surface area contributed by atoms with Gasteiger partial charge in [-0.05, 0) is 19.3 Å². The van der Waals surface area contributed by atoms with Gasteiger partial charge < -0.3 is 4.74 Å². The van der Waals surface area contributed by atoms with Crippen molar-refractivity contribution in [1.82, 2.24) is 10.6 Å². The first-order chi connectivity index (χ1) is 9.73. The van der Waals surface area contributed by atoms with Gasteiger partial charge in [-0.3, -0.25) is 25.0 Å². The zero-order valence-electron chi connectivity index (χ0n) is 12.8. The Bertz CT molecular complexity index is 440. The van der Waals surface area contributed by atoms with Crippen molar-refractivity contribution in [3.63, 3.8) is 0 Å². The Morgan fingerprint density at radius 3 is 2.14 bits per heavy atom. The third-order valence-electron chi connectivity index (χ3n) is 3.80. The second kappa shape index (κ2) is 6.69. The lowest BCUT2D eigenvalue weighted by molar-refractivity contribution is -0.158. The van der Waals surface area contributed by atoms with Crippen molar-refractivity contribution in [3.05, 3.63) is 0 Å². The molecule has 0 spiro atoms. The molecule has 0 aliphatic carbocycles. The largest absolute Gasteiger partial charge is 0.463 e. The Labute approximate surface area is 123 Å². The molecule has 1 aliphatic rings. The molecule has 0 aromatic carbocycles. The van der Waals surface area contributed by atoms with Crippen LogP contribution in [0.2, 0.25) is 0 Å². The lowest BCUT2D eigenvalue weighted by atomic mass is 9.68. The minimum absolute atomic E-state index is 0.0404. The van der Waals surface area contributed by atoms with E-state index in [1.54, 1.807) is 13.8 Å². The van der Waals surface area contributed by atoms with E-state index in [1.807, 2.05) is 6.92 Å². The third kappa shape index (κ3) is 3.59. The third-order valence-corrected chi connectivity index (χ3v) is 3.80. The van der Waals surface area contributed by atoms with Gasteiger partial charge in [0.05, 0.1) is 0 Å². The van der Waals surface area contributed by atoms with E-state index < -0.39 is 35.3 Å². The summed E-state index contributed by atoms with van der Waals surface area (Å²) in [6.45, 7) is 6.63. The van der Waals surface area contributed by atoms with Crippen LogP contribution in [0.15, 0.2) is 0 Å². The lowest BCUT2D eigenvalue weighted by Crippen LogP contribution is -2.65. The quantitative estimate of drug-likeness (QED) is 0.565. The molecule has 0 radical (unpaired) electrons. The topological polar surface area (TPSA) is 102 Å². The number of amides is 4. The number of hydrogen-bond donors (Lipinski definition) is 2. The zero-order chi connectivity index (χ0) is 16.2. The number of rotatable bonds is 6. The molecular weight excluding hydrogens is 276 g/mol. The number of carbonyl (C=O) groups excluding carboxylic acids is 4. The minimum Gasteiger partial charge on any atom is -0.463 e. The fourth-order valence-electron chi connectivity index (χ4n) is 2.86. The molecule has 0 bridgehead atoms. The standard InChI is InChI=1S/C14H22N2O5/c1-5-6-8(2)14(7-9(3)21-10(4)17)11(18)15-13(20)16-12(14)19/h8-9H,5-7H2,1-4H3,(H2,15,16,18,19,20)/t8-,9+/m0/s1. The summed E-state index contributed by atoms with van der Waals surface area (Å²) in [5.41, 5.74) is -1.40. The summed E-state index contributed by atoms with van der Waals surface area (Å²) in [4.78, 5) is 47.0. The SMILES string of the molecule is CCC[C@H](C)C1(C[C@@H](C)OC(C)=O)C(=O)NC(=O)NC1=O. The first kappa shape index (κ1) is 17.1. The van der Waals surface area contributed by atoms with Crippen LogP contribution >= 0.6 is 0 Å². The molecule has 2 atom stereocenters. The van der Waals surface area contributed by atoms with Crippen LogP contribution in [0.1, 0.15) is 47.0 Å². The lowest BCUT2D eigenvalue weighted by Gasteiger charge is -2.39. The number of hydrogen-bond acceptors (Lipinski definition) is 5. The van der Waals surface area contributed by atoms with E-state index >= 15 is 0 Å².